The van der Waals surface area contributed by atoms with Crippen molar-refractivity contribution < 1.29 is 4.74 Å². The van der Waals surface area contributed by atoms with Crippen LogP contribution in [0, 0.1) is 17.8 Å². The summed E-state index contributed by atoms with van der Waals surface area (Å²) in [7, 11) is 0. The normalized spacial score (nSPS) is 32.2. The molecule has 3 aliphatic rings. The van der Waals surface area contributed by atoms with Crippen LogP contribution in [0.3, 0.4) is 0 Å². The molecule has 0 bridgehead atoms. The van der Waals surface area contributed by atoms with E-state index in [9.17, 15) is 0 Å². The second kappa shape index (κ2) is 4.42. The molecule has 3 fully saturated rings. The quantitative estimate of drug-likeness (QED) is 0.749. The molecule has 86 valence electrons. The molecule has 0 amide bonds. The van der Waals surface area contributed by atoms with Gasteiger partial charge in [0.15, 0.2) is 0 Å². The molecule has 0 aromatic heterocycles. The SMILES string of the molecule is C1COCC(CNC(C2CC2)C2CC2)C1. The second-order valence-corrected chi connectivity index (χ2v) is 5.69. The van der Waals surface area contributed by atoms with E-state index in [1.54, 1.807) is 0 Å². The van der Waals surface area contributed by atoms with Gasteiger partial charge < -0.3 is 10.1 Å². The maximum Gasteiger partial charge on any atom is 0.0506 e. The molecule has 0 spiro atoms. The van der Waals surface area contributed by atoms with E-state index in [0.717, 1.165) is 37.0 Å². The van der Waals surface area contributed by atoms with Crippen LogP contribution in [0.1, 0.15) is 38.5 Å². The molecule has 0 aromatic carbocycles. The first kappa shape index (κ1) is 10.1. The van der Waals surface area contributed by atoms with Gasteiger partial charge in [-0.25, -0.2) is 0 Å². The van der Waals surface area contributed by atoms with E-state index in [0.29, 0.717) is 0 Å². The highest BCUT2D eigenvalue weighted by Gasteiger charge is 2.41. The monoisotopic (exact) mass is 209 g/mol. The Balaban J connectivity index is 1.42. The number of ether oxygens (including phenoxy) is 1. The molecule has 2 heteroatoms. The lowest BCUT2D eigenvalue weighted by atomic mass is 10.0. The lowest BCUT2D eigenvalue weighted by Crippen LogP contribution is -2.38. The highest BCUT2D eigenvalue weighted by molar-refractivity contribution is 4.96. The van der Waals surface area contributed by atoms with Gasteiger partial charge in [0, 0.05) is 19.2 Å². The molecule has 2 nitrogen and oxygen atoms in total. The van der Waals surface area contributed by atoms with Crippen LogP contribution in [0.5, 0.6) is 0 Å². The van der Waals surface area contributed by atoms with Gasteiger partial charge in [-0.3, -0.25) is 0 Å². The number of hydrogen-bond donors (Lipinski definition) is 1. The molecule has 1 unspecified atom stereocenters. The van der Waals surface area contributed by atoms with Gasteiger partial charge in [0.25, 0.3) is 0 Å². The van der Waals surface area contributed by atoms with E-state index in [2.05, 4.69) is 5.32 Å². The summed E-state index contributed by atoms with van der Waals surface area (Å²) in [5, 5.41) is 3.83. The lowest BCUT2D eigenvalue weighted by Gasteiger charge is -2.25. The van der Waals surface area contributed by atoms with Gasteiger partial charge in [0.1, 0.15) is 0 Å². The molecule has 2 aliphatic carbocycles. The summed E-state index contributed by atoms with van der Waals surface area (Å²) >= 11 is 0. The van der Waals surface area contributed by atoms with Crippen molar-refractivity contribution in [3.05, 3.63) is 0 Å². The van der Waals surface area contributed by atoms with Crippen LogP contribution in [-0.2, 0) is 4.74 Å². The predicted octanol–water partition coefficient (Wildman–Crippen LogP) is 2.19. The smallest absolute Gasteiger partial charge is 0.0506 e. The van der Waals surface area contributed by atoms with Crippen molar-refractivity contribution in [2.24, 2.45) is 17.8 Å². The Morgan fingerprint density at radius 2 is 1.80 bits per heavy atom. The van der Waals surface area contributed by atoms with Crippen LogP contribution < -0.4 is 5.32 Å². The molecule has 2 saturated carbocycles. The molecule has 1 heterocycles. The molecule has 1 N–H and O–H groups in total. The maximum absolute atomic E-state index is 5.53. The average molecular weight is 209 g/mol. The van der Waals surface area contributed by atoms with Crippen molar-refractivity contribution in [1.29, 1.82) is 0 Å². The number of rotatable bonds is 5. The van der Waals surface area contributed by atoms with Gasteiger partial charge in [-0.15, -0.1) is 0 Å². The van der Waals surface area contributed by atoms with Crippen molar-refractivity contribution >= 4 is 0 Å². The third-order valence-corrected chi connectivity index (χ3v) is 4.16. The topological polar surface area (TPSA) is 21.3 Å². The van der Waals surface area contributed by atoms with E-state index in [4.69, 9.17) is 4.74 Å². The molecule has 1 atom stereocenters. The molecule has 1 aliphatic heterocycles. The predicted molar refractivity (Wildman–Crippen MR) is 60.8 cm³/mol. The second-order valence-electron chi connectivity index (χ2n) is 5.69. The van der Waals surface area contributed by atoms with Gasteiger partial charge in [-0.2, -0.15) is 0 Å². The Labute approximate surface area is 92.8 Å². The first-order chi connectivity index (χ1) is 7.43. The van der Waals surface area contributed by atoms with E-state index < -0.39 is 0 Å². The largest absolute Gasteiger partial charge is 0.381 e. The van der Waals surface area contributed by atoms with Crippen LogP contribution in [0.2, 0.25) is 0 Å². The van der Waals surface area contributed by atoms with Crippen molar-refractivity contribution in [2.45, 2.75) is 44.6 Å². The minimum Gasteiger partial charge on any atom is -0.381 e. The Bertz CT molecular complexity index is 193. The summed E-state index contributed by atoms with van der Waals surface area (Å²) in [5.41, 5.74) is 0. The van der Waals surface area contributed by atoms with Crippen molar-refractivity contribution in [1.82, 2.24) is 5.32 Å². The maximum atomic E-state index is 5.53. The van der Waals surface area contributed by atoms with Crippen LogP contribution in [0.15, 0.2) is 0 Å². The van der Waals surface area contributed by atoms with Crippen molar-refractivity contribution in [3.63, 3.8) is 0 Å². The zero-order chi connectivity index (χ0) is 10.1. The summed E-state index contributed by atoms with van der Waals surface area (Å²) < 4.78 is 5.53. The molecule has 0 radical (unpaired) electrons. The first-order valence-corrected chi connectivity index (χ1v) is 6.74. The third-order valence-electron chi connectivity index (χ3n) is 4.16. The number of hydrogen-bond acceptors (Lipinski definition) is 2. The number of nitrogens with one attached hydrogen (secondary N) is 1. The minimum atomic E-state index is 0.791. The highest BCUT2D eigenvalue weighted by Crippen LogP contribution is 2.44. The van der Waals surface area contributed by atoms with Crippen LogP contribution >= 0.6 is 0 Å². The molecule has 15 heavy (non-hydrogen) atoms. The Morgan fingerprint density at radius 3 is 2.33 bits per heavy atom. The van der Waals surface area contributed by atoms with Gasteiger partial charge >= 0.3 is 0 Å². The van der Waals surface area contributed by atoms with Crippen LogP contribution in [0.25, 0.3) is 0 Å². The van der Waals surface area contributed by atoms with E-state index >= 15 is 0 Å². The zero-order valence-electron chi connectivity index (χ0n) is 9.58. The van der Waals surface area contributed by atoms with Gasteiger partial charge in [0.2, 0.25) is 0 Å². The Kier molecular flexibility index (Phi) is 2.98. The van der Waals surface area contributed by atoms with Crippen molar-refractivity contribution in [3.8, 4) is 0 Å². The summed E-state index contributed by atoms with van der Waals surface area (Å²) in [5.74, 6) is 2.85. The fraction of sp³-hybridized carbons (Fsp3) is 1.00. The summed E-state index contributed by atoms with van der Waals surface area (Å²) in [6.07, 6.45) is 8.56. The molecule has 0 aromatic rings. The zero-order valence-corrected chi connectivity index (χ0v) is 9.58. The first-order valence-electron chi connectivity index (χ1n) is 6.74. The molecular formula is C13H23NO. The van der Waals surface area contributed by atoms with Gasteiger partial charge in [0.05, 0.1) is 6.61 Å². The highest BCUT2D eigenvalue weighted by atomic mass is 16.5. The summed E-state index contributed by atoms with van der Waals surface area (Å²) in [6.45, 7) is 3.19. The third kappa shape index (κ3) is 2.73. The van der Waals surface area contributed by atoms with Crippen LogP contribution in [0.4, 0.5) is 0 Å². The van der Waals surface area contributed by atoms with E-state index in [1.165, 1.54) is 45.1 Å². The Morgan fingerprint density at radius 1 is 1.07 bits per heavy atom. The average Bonchev–Trinajstić information content (AvgIpc) is 3.14. The fourth-order valence-corrected chi connectivity index (χ4v) is 2.90. The van der Waals surface area contributed by atoms with Gasteiger partial charge in [-0.1, -0.05) is 0 Å². The molecule has 3 rings (SSSR count). The summed E-state index contributed by atoms with van der Waals surface area (Å²) in [6, 6.07) is 0.868. The van der Waals surface area contributed by atoms with E-state index in [1.807, 2.05) is 0 Å². The van der Waals surface area contributed by atoms with Crippen LogP contribution in [-0.4, -0.2) is 25.8 Å². The van der Waals surface area contributed by atoms with E-state index in [-0.39, 0.29) is 0 Å². The fourth-order valence-electron chi connectivity index (χ4n) is 2.90. The molecular weight excluding hydrogens is 186 g/mol. The minimum absolute atomic E-state index is 0.791. The van der Waals surface area contributed by atoms with Gasteiger partial charge in [-0.05, 0) is 56.3 Å². The molecule has 1 saturated heterocycles. The standard InChI is InChI=1S/C13H23NO/c1-2-10(9-15-7-1)8-14-13(11-3-4-11)12-5-6-12/h10-14H,1-9H2. The van der Waals surface area contributed by atoms with Crippen molar-refractivity contribution in [2.75, 3.05) is 19.8 Å². The lowest BCUT2D eigenvalue weighted by molar-refractivity contribution is 0.0531. The summed E-state index contributed by atoms with van der Waals surface area (Å²) in [4.78, 5) is 0. The Hall–Kier alpha value is -0.0800.